The minimum Gasteiger partial charge on any atom is -0.176 e. The summed E-state index contributed by atoms with van der Waals surface area (Å²) in [6.07, 6.45) is 2.49. The average molecular weight is 104 g/mol. The van der Waals surface area contributed by atoms with Gasteiger partial charge in [0.1, 0.15) is 0 Å². The van der Waals surface area contributed by atoms with Crippen molar-refractivity contribution in [2.45, 2.75) is 31.9 Å². The fraction of sp³-hybridized carbons (Fsp3) is 1.00. The molecule has 0 radical (unpaired) electrons. The normalized spacial score (nSPS) is 14.5. The minimum atomic E-state index is 0.593. The largest absolute Gasteiger partial charge is 0.176 e. The smallest absolute Gasteiger partial charge is 0.00117 e. The highest BCUT2D eigenvalue weighted by Crippen LogP contribution is 2.00. The van der Waals surface area contributed by atoms with Gasteiger partial charge in [-0.05, 0) is 11.7 Å². The third-order valence-corrected chi connectivity index (χ3v) is 0.965. The fourth-order valence-electron chi connectivity index (χ4n) is 0.418. The van der Waals surface area contributed by atoms with Gasteiger partial charge in [0.15, 0.2) is 0 Å². The van der Waals surface area contributed by atoms with Gasteiger partial charge >= 0.3 is 0 Å². The van der Waals surface area contributed by atoms with E-state index in [1.165, 1.54) is 12.8 Å². The van der Waals surface area contributed by atoms with Crippen molar-refractivity contribution in [2.24, 2.45) is 0 Å². The van der Waals surface area contributed by atoms with Gasteiger partial charge in [0.2, 0.25) is 0 Å². The van der Waals surface area contributed by atoms with E-state index >= 15 is 0 Å². The van der Waals surface area contributed by atoms with Gasteiger partial charge in [-0.15, -0.1) is 0 Å². The topological polar surface area (TPSA) is 0 Å². The molecule has 0 rings (SSSR count). The molecule has 0 aromatic heterocycles. The highest BCUT2D eigenvalue weighted by Gasteiger charge is 1.86. The van der Waals surface area contributed by atoms with E-state index in [1.807, 2.05) is 0 Å². The van der Waals surface area contributed by atoms with Crippen LogP contribution in [0.1, 0.15) is 26.7 Å². The van der Waals surface area contributed by atoms with Gasteiger partial charge in [0, 0.05) is 0 Å². The van der Waals surface area contributed by atoms with Crippen LogP contribution < -0.4 is 0 Å². The standard InChI is InChI=1S/C5H12S/c1-3-4-5(2)6/h5-6H,3-4H2,1-2H3/t5-/m1/s1. The van der Waals surface area contributed by atoms with Crippen molar-refractivity contribution >= 4 is 12.6 Å². The Labute approximate surface area is 45.4 Å². The van der Waals surface area contributed by atoms with Crippen LogP contribution in [0.5, 0.6) is 0 Å². The molecule has 0 amide bonds. The Morgan fingerprint density at radius 2 is 2.17 bits per heavy atom. The summed E-state index contributed by atoms with van der Waals surface area (Å²) in [5, 5.41) is 0.593. The van der Waals surface area contributed by atoms with Crippen molar-refractivity contribution in [1.82, 2.24) is 0 Å². The molecule has 0 aliphatic rings. The first-order valence-corrected chi connectivity index (χ1v) is 2.97. The second kappa shape index (κ2) is 3.54. The lowest BCUT2D eigenvalue weighted by Gasteiger charge is -1.95. The summed E-state index contributed by atoms with van der Waals surface area (Å²) >= 11 is 4.18. The summed E-state index contributed by atoms with van der Waals surface area (Å²) in [5.41, 5.74) is 0. The van der Waals surface area contributed by atoms with Crippen LogP contribution in [-0.2, 0) is 0 Å². The molecule has 0 bridgehead atoms. The predicted molar refractivity (Wildman–Crippen MR) is 33.4 cm³/mol. The lowest BCUT2D eigenvalue weighted by atomic mass is 10.3. The molecular weight excluding hydrogens is 92.1 g/mol. The highest BCUT2D eigenvalue weighted by atomic mass is 32.1. The third kappa shape index (κ3) is 4.35. The van der Waals surface area contributed by atoms with Gasteiger partial charge in [-0.1, -0.05) is 20.3 Å². The number of hydrogen-bond acceptors (Lipinski definition) is 1. The van der Waals surface area contributed by atoms with Crippen LogP contribution in [0.2, 0.25) is 0 Å². The van der Waals surface area contributed by atoms with E-state index in [-0.39, 0.29) is 0 Å². The molecule has 0 nitrogen and oxygen atoms in total. The van der Waals surface area contributed by atoms with E-state index in [4.69, 9.17) is 0 Å². The molecule has 0 fully saturated rings. The third-order valence-electron chi connectivity index (χ3n) is 0.706. The van der Waals surface area contributed by atoms with Gasteiger partial charge in [-0.25, -0.2) is 0 Å². The predicted octanol–water partition coefficient (Wildman–Crippen LogP) is 2.10. The van der Waals surface area contributed by atoms with E-state index in [0.29, 0.717) is 5.25 Å². The van der Waals surface area contributed by atoms with Crippen molar-refractivity contribution in [1.29, 1.82) is 0 Å². The first kappa shape index (κ1) is 6.35. The van der Waals surface area contributed by atoms with E-state index in [2.05, 4.69) is 26.5 Å². The maximum Gasteiger partial charge on any atom is -0.00117 e. The number of thiol groups is 1. The van der Waals surface area contributed by atoms with Crippen LogP contribution in [0.4, 0.5) is 0 Å². The van der Waals surface area contributed by atoms with Crippen LogP contribution in [0.15, 0.2) is 0 Å². The lowest BCUT2D eigenvalue weighted by Crippen LogP contribution is -1.85. The minimum absolute atomic E-state index is 0.593. The zero-order chi connectivity index (χ0) is 4.99. The number of hydrogen-bond donors (Lipinski definition) is 1. The Hall–Kier alpha value is 0.350. The summed E-state index contributed by atoms with van der Waals surface area (Å²) in [7, 11) is 0. The molecule has 0 aromatic rings. The molecule has 6 heavy (non-hydrogen) atoms. The van der Waals surface area contributed by atoms with Gasteiger partial charge in [0.25, 0.3) is 0 Å². The van der Waals surface area contributed by atoms with Crippen molar-refractivity contribution in [3.05, 3.63) is 0 Å². The average Bonchev–Trinajstić information content (AvgIpc) is 1.35. The SMILES string of the molecule is CCC[C@@H](C)S. The molecule has 0 N–H and O–H groups in total. The van der Waals surface area contributed by atoms with Crippen molar-refractivity contribution < 1.29 is 0 Å². The molecule has 0 aliphatic carbocycles. The summed E-state index contributed by atoms with van der Waals surface area (Å²) in [6, 6.07) is 0. The van der Waals surface area contributed by atoms with Gasteiger partial charge in [-0.2, -0.15) is 12.6 Å². The summed E-state index contributed by atoms with van der Waals surface area (Å²) in [4.78, 5) is 0. The molecule has 0 heterocycles. The molecule has 1 atom stereocenters. The Morgan fingerprint density at radius 1 is 1.67 bits per heavy atom. The van der Waals surface area contributed by atoms with Crippen LogP contribution in [0.3, 0.4) is 0 Å². The first-order chi connectivity index (χ1) is 2.77. The zero-order valence-electron chi connectivity index (χ0n) is 4.44. The van der Waals surface area contributed by atoms with E-state index in [1.54, 1.807) is 0 Å². The maximum absolute atomic E-state index is 4.18. The van der Waals surface area contributed by atoms with Gasteiger partial charge in [-0.3, -0.25) is 0 Å². The van der Waals surface area contributed by atoms with Gasteiger partial charge in [0.05, 0.1) is 0 Å². The Kier molecular flexibility index (Phi) is 3.74. The van der Waals surface area contributed by atoms with Crippen LogP contribution in [0.25, 0.3) is 0 Å². The molecular formula is C5H12S. The monoisotopic (exact) mass is 104 g/mol. The maximum atomic E-state index is 4.18. The molecule has 1 heteroatoms. The molecule has 0 spiro atoms. The Morgan fingerprint density at radius 3 is 2.17 bits per heavy atom. The molecule has 0 aliphatic heterocycles. The molecule has 38 valence electrons. The molecule has 0 saturated heterocycles. The molecule has 0 saturated carbocycles. The summed E-state index contributed by atoms with van der Waals surface area (Å²) in [5.74, 6) is 0. The Bertz CT molecular complexity index is 25.1. The highest BCUT2D eigenvalue weighted by molar-refractivity contribution is 7.80. The second-order valence-corrected chi connectivity index (χ2v) is 2.52. The quantitative estimate of drug-likeness (QED) is 0.510. The van der Waals surface area contributed by atoms with Crippen LogP contribution in [-0.4, -0.2) is 5.25 Å². The van der Waals surface area contributed by atoms with E-state index < -0.39 is 0 Å². The van der Waals surface area contributed by atoms with E-state index in [9.17, 15) is 0 Å². The van der Waals surface area contributed by atoms with Crippen LogP contribution in [0, 0.1) is 0 Å². The van der Waals surface area contributed by atoms with E-state index in [0.717, 1.165) is 0 Å². The number of rotatable bonds is 2. The lowest BCUT2D eigenvalue weighted by molar-refractivity contribution is 0.791. The molecule has 0 aromatic carbocycles. The molecule has 0 unspecified atom stereocenters. The van der Waals surface area contributed by atoms with Crippen molar-refractivity contribution in [3.8, 4) is 0 Å². The van der Waals surface area contributed by atoms with Crippen LogP contribution >= 0.6 is 12.6 Å². The summed E-state index contributed by atoms with van der Waals surface area (Å²) < 4.78 is 0. The first-order valence-electron chi connectivity index (χ1n) is 2.45. The second-order valence-electron chi connectivity index (χ2n) is 1.64. The van der Waals surface area contributed by atoms with Gasteiger partial charge < -0.3 is 0 Å². The summed E-state index contributed by atoms with van der Waals surface area (Å²) in [6.45, 7) is 4.29. The van der Waals surface area contributed by atoms with Crippen molar-refractivity contribution in [2.75, 3.05) is 0 Å². The van der Waals surface area contributed by atoms with Crippen molar-refractivity contribution in [3.63, 3.8) is 0 Å². The zero-order valence-corrected chi connectivity index (χ0v) is 5.33. The fourth-order valence-corrected chi connectivity index (χ4v) is 0.676. The Balaban J connectivity index is 2.63.